The second-order valence-electron chi connectivity index (χ2n) is 3.44. The lowest BCUT2D eigenvalue weighted by molar-refractivity contribution is 0.512. The van der Waals surface area contributed by atoms with Gasteiger partial charge in [-0.15, -0.1) is 0 Å². The molecule has 1 nitrogen and oxygen atoms in total. The minimum absolute atomic E-state index is 0.101. The number of rotatable bonds is 2. The van der Waals surface area contributed by atoms with Crippen molar-refractivity contribution in [2.75, 3.05) is 0 Å². The molecule has 1 aromatic carbocycles. The Balaban J connectivity index is 3.01. The second kappa shape index (κ2) is 4.62. The van der Waals surface area contributed by atoms with Gasteiger partial charge >= 0.3 is 0 Å². The van der Waals surface area contributed by atoms with Crippen LogP contribution in [0.15, 0.2) is 18.2 Å². The molecule has 0 aliphatic rings. The van der Waals surface area contributed by atoms with Gasteiger partial charge in [0.25, 0.3) is 0 Å². The molecule has 13 heavy (non-hydrogen) atoms. The minimum atomic E-state index is 0.101. The Morgan fingerprint density at radius 3 is 2.46 bits per heavy atom. The van der Waals surface area contributed by atoms with Crippen LogP contribution in [-0.2, 0) is 0 Å². The predicted molar refractivity (Wildman–Crippen MR) is 65.9 cm³/mol. The molecular formula is C10H13ClIN. The van der Waals surface area contributed by atoms with Gasteiger partial charge < -0.3 is 5.73 Å². The molecule has 72 valence electrons. The van der Waals surface area contributed by atoms with E-state index < -0.39 is 0 Å². The van der Waals surface area contributed by atoms with E-state index >= 15 is 0 Å². The quantitative estimate of drug-likeness (QED) is 0.830. The molecular weight excluding hydrogens is 296 g/mol. The van der Waals surface area contributed by atoms with Crippen LogP contribution in [0.25, 0.3) is 0 Å². The van der Waals surface area contributed by atoms with Crippen LogP contribution in [0.3, 0.4) is 0 Å². The van der Waals surface area contributed by atoms with Gasteiger partial charge in [0, 0.05) is 14.6 Å². The summed E-state index contributed by atoms with van der Waals surface area (Å²) in [5.41, 5.74) is 7.22. The van der Waals surface area contributed by atoms with Crippen molar-refractivity contribution in [2.24, 2.45) is 11.7 Å². The maximum absolute atomic E-state index is 6.04. The molecule has 2 N–H and O–H groups in total. The molecule has 0 aliphatic heterocycles. The summed E-state index contributed by atoms with van der Waals surface area (Å²) in [6.07, 6.45) is 0. The number of hydrogen-bond donors (Lipinski definition) is 1. The van der Waals surface area contributed by atoms with Crippen molar-refractivity contribution in [1.82, 2.24) is 0 Å². The fourth-order valence-corrected chi connectivity index (χ4v) is 2.36. The highest BCUT2D eigenvalue weighted by Gasteiger charge is 2.13. The lowest BCUT2D eigenvalue weighted by Crippen LogP contribution is -2.17. The van der Waals surface area contributed by atoms with Crippen molar-refractivity contribution in [2.45, 2.75) is 19.9 Å². The largest absolute Gasteiger partial charge is 0.324 e. The van der Waals surface area contributed by atoms with Crippen LogP contribution < -0.4 is 5.73 Å². The molecule has 1 rings (SSSR count). The van der Waals surface area contributed by atoms with Crippen LogP contribution in [-0.4, -0.2) is 0 Å². The van der Waals surface area contributed by atoms with Gasteiger partial charge in [0.15, 0.2) is 0 Å². The molecule has 0 aromatic heterocycles. The van der Waals surface area contributed by atoms with Crippen LogP contribution in [0, 0.1) is 9.49 Å². The van der Waals surface area contributed by atoms with E-state index in [1.54, 1.807) is 0 Å². The summed E-state index contributed by atoms with van der Waals surface area (Å²) in [4.78, 5) is 0. The first-order valence-corrected chi connectivity index (χ1v) is 5.68. The zero-order chi connectivity index (χ0) is 10.0. The third-order valence-corrected chi connectivity index (χ3v) is 3.21. The van der Waals surface area contributed by atoms with Crippen LogP contribution in [0.4, 0.5) is 0 Å². The van der Waals surface area contributed by atoms with Crippen LogP contribution in [0.5, 0.6) is 0 Å². The van der Waals surface area contributed by atoms with Crippen molar-refractivity contribution >= 4 is 34.2 Å². The van der Waals surface area contributed by atoms with Crippen LogP contribution in [0.1, 0.15) is 25.5 Å². The standard InChI is InChI=1S/C10H13ClIN/c1-6(2)10(13)8-4-3-7(11)5-9(8)12/h3-6,10H,13H2,1-2H3/t10-/m1/s1. The molecule has 0 radical (unpaired) electrons. The smallest absolute Gasteiger partial charge is 0.0416 e. The normalized spacial score (nSPS) is 13.4. The number of benzene rings is 1. The summed E-state index contributed by atoms with van der Waals surface area (Å²) >= 11 is 8.13. The number of nitrogens with two attached hydrogens (primary N) is 1. The van der Waals surface area contributed by atoms with E-state index in [9.17, 15) is 0 Å². The summed E-state index contributed by atoms with van der Waals surface area (Å²) in [5.74, 6) is 0.453. The SMILES string of the molecule is CC(C)[C@@H](N)c1ccc(Cl)cc1I. The van der Waals surface area contributed by atoms with Crippen molar-refractivity contribution in [3.63, 3.8) is 0 Å². The van der Waals surface area contributed by atoms with E-state index in [2.05, 4.69) is 36.4 Å². The molecule has 0 spiro atoms. The van der Waals surface area contributed by atoms with Gasteiger partial charge in [-0.25, -0.2) is 0 Å². The monoisotopic (exact) mass is 309 g/mol. The summed E-state index contributed by atoms with van der Waals surface area (Å²) < 4.78 is 1.14. The van der Waals surface area contributed by atoms with Gasteiger partial charge in [-0.2, -0.15) is 0 Å². The second-order valence-corrected chi connectivity index (χ2v) is 5.03. The van der Waals surface area contributed by atoms with E-state index in [1.807, 2.05) is 18.2 Å². The first kappa shape index (κ1) is 11.3. The summed E-state index contributed by atoms with van der Waals surface area (Å²) in [7, 11) is 0. The fraction of sp³-hybridized carbons (Fsp3) is 0.400. The third-order valence-electron chi connectivity index (χ3n) is 2.04. The Labute approximate surface area is 97.8 Å². The van der Waals surface area contributed by atoms with Crippen molar-refractivity contribution in [3.8, 4) is 0 Å². The third kappa shape index (κ3) is 2.82. The molecule has 0 saturated heterocycles. The van der Waals surface area contributed by atoms with Gasteiger partial charge in [-0.3, -0.25) is 0 Å². The minimum Gasteiger partial charge on any atom is -0.324 e. The van der Waals surface area contributed by atoms with Gasteiger partial charge in [-0.05, 0) is 46.2 Å². The maximum Gasteiger partial charge on any atom is 0.0416 e. The molecule has 0 fully saturated rings. The molecule has 0 amide bonds. The summed E-state index contributed by atoms with van der Waals surface area (Å²) in [6.45, 7) is 4.24. The zero-order valence-electron chi connectivity index (χ0n) is 7.72. The van der Waals surface area contributed by atoms with E-state index in [1.165, 1.54) is 5.56 Å². The highest BCUT2D eigenvalue weighted by molar-refractivity contribution is 14.1. The maximum atomic E-state index is 6.04. The lowest BCUT2D eigenvalue weighted by atomic mass is 9.97. The Hall–Kier alpha value is 0.200. The Morgan fingerprint density at radius 2 is 2.00 bits per heavy atom. The summed E-state index contributed by atoms with van der Waals surface area (Å²) in [5, 5.41) is 0.768. The first-order chi connectivity index (χ1) is 6.02. The van der Waals surface area contributed by atoms with Gasteiger partial charge in [0.1, 0.15) is 0 Å². The van der Waals surface area contributed by atoms with Gasteiger partial charge in [0.05, 0.1) is 0 Å². The summed E-state index contributed by atoms with van der Waals surface area (Å²) in [6, 6.07) is 5.94. The molecule has 0 heterocycles. The van der Waals surface area contributed by atoms with Crippen molar-refractivity contribution < 1.29 is 0 Å². The van der Waals surface area contributed by atoms with Crippen molar-refractivity contribution in [3.05, 3.63) is 32.4 Å². The van der Waals surface area contributed by atoms with E-state index in [0.717, 1.165) is 8.59 Å². The number of halogens is 2. The Bertz CT molecular complexity index is 299. The number of hydrogen-bond acceptors (Lipinski definition) is 1. The zero-order valence-corrected chi connectivity index (χ0v) is 10.6. The molecule has 0 saturated carbocycles. The van der Waals surface area contributed by atoms with Gasteiger partial charge in [-0.1, -0.05) is 31.5 Å². The fourth-order valence-electron chi connectivity index (χ4n) is 1.13. The highest BCUT2D eigenvalue weighted by Crippen LogP contribution is 2.26. The van der Waals surface area contributed by atoms with Gasteiger partial charge in [0.2, 0.25) is 0 Å². The Morgan fingerprint density at radius 1 is 1.38 bits per heavy atom. The average Bonchev–Trinajstić information content (AvgIpc) is 2.03. The first-order valence-electron chi connectivity index (χ1n) is 4.23. The highest BCUT2D eigenvalue weighted by atomic mass is 127. The Kier molecular flexibility index (Phi) is 4.01. The lowest BCUT2D eigenvalue weighted by Gasteiger charge is -2.17. The van der Waals surface area contributed by atoms with Crippen molar-refractivity contribution in [1.29, 1.82) is 0 Å². The van der Waals surface area contributed by atoms with Crippen LogP contribution >= 0.6 is 34.2 Å². The van der Waals surface area contributed by atoms with E-state index in [4.69, 9.17) is 17.3 Å². The average molecular weight is 310 g/mol. The van der Waals surface area contributed by atoms with E-state index in [-0.39, 0.29) is 6.04 Å². The van der Waals surface area contributed by atoms with Crippen LogP contribution in [0.2, 0.25) is 5.02 Å². The molecule has 0 bridgehead atoms. The molecule has 0 aliphatic carbocycles. The molecule has 1 atom stereocenters. The topological polar surface area (TPSA) is 26.0 Å². The predicted octanol–water partition coefficient (Wildman–Crippen LogP) is 3.60. The molecule has 0 unspecified atom stereocenters. The molecule has 1 aromatic rings. The van der Waals surface area contributed by atoms with E-state index in [0.29, 0.717) is 5.92 Å². The molecule has 3 heteroatoms.